The van der Waals surface area contributed by atoms with Crippen LogP contribution in [0.25, 0.3) is 0 Å². The molecule has 1 aliphatic heterocycles. The van der Waals surface area contributed by atoms with Gasteiger partial charge in [-0.2, -0.15) is 0 Å². The molecule has 0 N–H and O–H groups in total. The van der Waals surface area contributed by atoms with Crippen LogP contribution < -0.4 is 9.64 Å². The third kappa shape index (κ3) is 4.44. The highest BCUT2D eigenvalue weighted by Gasteiger charge is 2.34. The molecule has 0 unspecified atom stereocenters. The van der Waals surface area contributed by atoms with Gasteiger partial charge < -0.3 is 19.3 Å². The minimum absolute atomic E-state index is 0.260. The third-order valence-electron chi connectivity index (χ3n) is 5.55. The average Bonchev–Trinajstić information content (AvgIpc) is 2.81. The Balaban J connectivity index is 1.42. The van der Waals surface area contributed by atoms with Gasteiger partial charge in [-0.05, 0) is 29.8 Å². The van der Waals surface area contributed by atoms with Crippen molar-refractivity contribution >= 4 is 17.6 Å². The van der Waals surface area contributed by atoms with Gasteiger partial charge in [-0.1, -0.05) is 48.5 Å². The highest BCUT2D eigenvalue weighted by atomic mass is 16.5. The van der Waals surface area contributed by atoms with Crippen molar-refractivity contribution in [2.75, 3.05) is 32.6 Å². The van der Waals surface area contributed by atoms with E-state index in [0.717, 1.165) is 22.4 Å². The number of hydrogen-bond acceptors (Lipinski definition) is 5. The van der Waals surface area contributed by atoms with E-state index in [-0.39, 0.29) is 12.5 Å². The highest BCUT2D eigenvalue weighted by Crippen LogP contribution is 2.44. The van der Waals surface area contributed by atoms with Crippen molar-refractivity contribution in [3.05, 3.63) is 89.5 Å². The SMILES string of the molecule is CN(Cc1ccc(N(C)C)cc1)C(=O)COC(=O)C1c2ccccc2Oc2ccccc21. The van der Waals surface area contributed by atoms with Crippen LogP contribution in [0.5, 0.6) is 11.5 Å². The summed E-state index contributed by atoms with van der Waals surface area (Å²) in [5, 5.41) is 0. The molecule has 6 heteroatoms. The summed E-state index contributed by atoms with van der Waals surface area (Å²) in [4.78, 5) is 29.3. The molecule has 0 bridgehead atoms. The number of carbonyl (C=O) groups is 2. The summed E-state index contributed by atoms with van der Waals surface area (Å²) in [6.07, 6.45) is 0. The fourth-order valence-corrected chi connectivity index (χ4v) is 3.75. The summed E-state index contributed by atoms with van der Waals surface area (Å²) >= 11 is 0. The van der Waals surface area contributed by atoms with Crippen molar-refractivity contribution in [2.24, 2.45) is 0 Å². The molecule has 4 rings (SSSR count). The summed E-state index contributed by atoms with van der Waals surface area (Å²) in [6.45, 7) is 0.125. The van der Waals surface area contributed by atoms with Crippen LogP contribution in [0.15, 0.2) is 72.8 Å². The van der Waals surface area contributed by atoms with Crippen LogP contribution in [0.3, 0.4) is 0 Å². The Morgan fingerprint density at radius 1 is 0.844 bits per heavy atom. The predicted molar refractivity (Wildman–Crippen MR) is 123 cm³/mol. The molecule has 32 heavy (non-hydrogen) atoms. The zero-order chi connectivity index (χ0) is 22.7. The van der Waals surface area contributed by atoms with Crippen LogP contribution in [0.4, 0.5) is 5.69 Å². The molecule has 1 heterocycles. The quantitative estimate of drug-likeness (QED) is 0.549. The van der Waals surface area contributed by atoms with E-state index in [0.29, 0.717) is 18.0 Å². The number of carbonyl (C=O) groups excluding carboxylic acids is 2. The summed E-state index contributed by atoms with van der Waals surface area (Å²) in [6, 6.07) is 22.8. The summed E-state index contributed by atoms with van der Waals surface area (Å²) in [7, 11) is 5.66. The lowest BCUT2D eigenvalue weighted by atomic mass is 9.88. The van der Waals surface area contributed by atoms with Gasteiger partial charge in [0.15, 0.2) is 6.61 Å². The van der Waals surface area contributed by atoms with E-state index in [2.05, 4.69) is 0 Å². The summed E-state index contributed by atoms with van der Waals surface area (Å²) in [5.41, 5.74) is 3.56. The number of amides is 1. The highest BCUT2D eigenvalue weighted by molar-refractivity contribution is 5.87. The van der Waals surface area contributed by atoms with E-state index in [9.17, 15) is 9.59 Å². The largest absolute Gasteiger partial charge is 0.457 e. The number of nitrogens with zero attached hydrogens (tertiary/aromatic N) is 2. The lowest BCUT2D eigenvalue weighted by Crippen LogP contribution is -2.32. The molecule has 164 valence electrons. The van der Waals surface area contributed by atoms with Gasteiger partial charge in [0.25, 0.3) is 5.91 Å². The third-order valence-corrected chi connectivity index (χ3v) is 5.55. The molecule has 3 aromatic carbocycles. The molecule has 6 nitrogen and oxygen atoms in total. The number of para-hydroxylation sites is 2. The Morgan fingerprint density at radius 2 is 1.41 bits per heavy atom. The summed E-state index contributed by atoms with van der Waals surface area (Å²) in [5.74, 6) is -0.114. The van der Waals surface area contributed by atoms with Gasteiger partial charge >= 0.3 is 5.97 Å². The van der Waals surface area contributed by atoms with Crippen molar-refractivity contribution in [1.29, 1.82) is 0 Å². The number of benzene rings is 3. The normalized spacial score (nSPS) is 12.2. The number of likely N-dealkylation sites (N-methyl/N-ethyl adjacent to an activating group) is 1. The smallest absolute Gasteiger partial charge is 0.318 e. The molecule has 1 amide bonds. The van der Waals surface area contributed by atoms with Crippen molar-refractivity contribution in [2.45, 2.75) is 12.5 Å². The van der Waals surface area contributed by atoms with Crippen molar-refractivity contribution < 1.29 is 19.1 Å². The average molecular weight is 431 g/mol. The Morgan fingerprint density at radius 3 is 1.97 bits per heavy atom. The van der Waals surface area contributed by atoms with E-state index in [4.69, 9.17) is 9.47 Å². The first-order valence-electron chi connectivity index (χ1n) is 10.5. The number of hydrogen-bond donors (Lipinski definition) is 0. The van der Waals surface area contributed by atoms with Crippen LogP contribution in [-0.4, -0.2) is 44.5 Å². The maximum absolute atomic E-state index is 13.1. The standard InChI is InChI=1S/C26H26N2O4/c1-27(2)19-14-12-18(13-15-19)16-28(3)24(29)17-31-26(30)25-20-8-4-6-10-22(20)32-23-11-7-5-9-21(23)25/h4-15,25H,16-17H2,1-3H3. The maximum atomic E-state index is 13.1. The van der Waals surface area contributed by atoms with Gasteiger partial charge in [0.1, 0.15) is 17.4 Å². The first kappa shape index (κ1) is 21.4. The monoisotopic (exact) mass is 430 g/mol. The van der Waals surface area contributed by atoms with Crippen LogP contribution in [0, 0.1) is 0 Å². The van der Waals surface area contributed by atoms with Gasteiger partial charge in [0, 0.05) is 44.5 Å². The molecule has 0 atom stereocenters. The fraction of sp³-hybridized carbons (Fsp3) is 0.231. The van der Waals surface area contributed by atoms with E-state index < -0.39 is 11.9 Å². The zero-order valence-electron chi connectivity index (χ0n) is 18.4. The Hall–Kier alpha value is -3.80. The Bertz CT molecular complexity index is 1080. The van der Waals surface area contributed by atoms with Gasteiger partial charge in [-0.15, -0.1) is 0 Å². The topological polar surface area (TPSA) is 59.1 Å². The minimum Gasteiger partial charge on any atom is -0.457 e. The lowest BCUT2D eigenvalue weighted by molar-refractivity contribution is -0.152. The van der Waals surface area contributed by atoms with Gasteiger partial charge in [-0.3, -0.25) is 9.59 Å². The number of rotatable bonds is 6. The lowest BCUT2D eigenvalue weighted by Gasteiger charge is -2.27. The molecule has 0 saturated heterocycles. The second-order valence-electron chi connectivity index (χ2n) is 8.03. The van der Waals surface area contributed by atoms with Gasteiger partial charge in [0.2, 0.25) is 0 Å². The molecule has 0 aromatic heterocycles. The molecule has 0 fully saturated rings. The van der Waals surface area contributed by atoms with Crippen LogP contribution in [0.2, 0.25) is 0 Å². The van der Waals surface area contributed by atoms with Gasteiger partial charge in [0.05, 0.1) is 0 Å². The first-order chi connectivity index (χ1) is 15.4. The molecule has 0 spiro atoms. The predicted octanol–water partition coefficient (Wildman–Crippen LogP) is 4.19. The maximum Gasteiger partial charge on any atom is 0.318 e. The van der Waals surface area contributed by atoms with E-state index in [1.807, 2.05) is 91.8 Å². The van der Waals surface area contributed by atoms with Crippen molar-refractivity contribution in [1.82, 2.24) is 4.90 Å². The zero-order valence-corrected chi connectivity index (χ0v) is 18.4. The number of ether oxygens (including phenoxy) is 2. The van der Waals surface area contributed by atoms with Crippen molar-refractivity contribution in [3.8, 4) is 11.5 Å². The van der Waals surface area contributed by atoms with E-state index in [1.165, 1.54) is 0 Å². The molecule has 0 aliphatic carbocycles. The first-order valence-corrected chi connectivity index (χ1v) is 10.5. The molecule has 0 saturated carbocycles. The number of anilines is 1. The molecule has 0 radical (unpaired) electrons. The second kappa shape index (κ2) is 9.14. The number of esters is 1. The van der Waals surface area contributed by atoms with Crippen LogP contribution >= 0.6 is 0 Å². The van der Waals surface area contributed by atoms with E-state index in [1.54, 1.807) is 11.9 Å². The van der Waals surface area contributed by atoms with Crippen LogP contribution in [-0.2, 0) is 20.9 Å². The Labute approximate surface area is 188 Å². The Kier molecular flexibility index (Phi) is 6.12. The molecular weight excluding hydrogens is 404 g/mol. The molecule has 1 aliphatic rings. The molecule has 3 aromatic rings. The fourth-order valence-electron chi connectivity index (χ4n) is 3.75. The van der Waals surface area contributed by atoms with E-state index >= 15 is 0 Å². The second-order valence-corrected chi connectivity index (χ2v) is 8.03. The molecular formula is C26H26N2O4. The summed E-state index contributed by atoms with van der Waals surface area (Å²) < 4.78 is 11.4. The van der Waals surface area contributed by atoms with Gasteiger partial charge in [-0.25, -0.2) is 0 Å². The van der Waals surface area contributed by atoms with Crippen LogP contribution in [0.1, 0.15) is 22.6 Å². The number of fused-ring (bicyclic) bond motifs is 2. The van der Waals surface area contributed by atoms with Crippen molar-refractivity contribution in [3.63, 3.8) is 0 Å². The minimum atomic E-state index is -0.632.